The van der Waals surface area contributed by atoms with Crippen molar-refractivity contribution in [2.75, 3.05) is 42.9 Å². The van der Waals surface area contributed by atoms with Gasteiger partial charge < -0.3 is 26.0 Å². The van der Waals surface area contributed by atoms with Crippen LogP contribution in [0.15, 0.2) is 24.5 Å². The molecule has 1 fully saturated rings. The van der Waals surface area contributed by atoms with E-state index in [1.54, 1.807) is 6.92 Å². The van der Waals surface area contributed by atoms with Crippen molar-refractivity contribution in [1.82, 2.24) is 14.9 Å². The first-order chi connectivity index (χ1) is 14.8. The van der Waals surface area contributed by atoms with Gasteiger partial charge in [0.25, 0.3) is 5.91 Å². The highest BCUT2D eigenvalue weighted by molar-refractivity contribution is 6.30. The molecule has 4 N–H and O–H groups in total. The second kappa shape index (κ2) is 8.03. The number of benzene rings is 1. The van der Waals surface area contributed by atoms with Gasteiger partial charge in [-0.2, -0.15) is 0 Å². The quantitative estimate of drug-likeness (QED) is 0.632. The third-order valence-electron chi connectivity index (χ3n) is 5.84. The van der Waals surface area contributed by atoms with Crippen LogP contribution in [0.1, 0.15) is 24.0 Å². The largest absolute Gasteiger partial charge is 0.374 e. The van der Waals surface area contributed by atoms with Crippen LogP contribution in [0, 0.1) is 5.82 Å². The number of carbonyl (C=O) groups excluding carboxylic acids is 2. The van der Waals surface area contributed by atoms with Crippen molar-refractivity contribution in [3.63, 3.8) is 0 Å². The summed E-state index contributed by atoms with van der Waals surface area (Å²) in [6.45, 7) is 2.85. The summed E-state index contributed by atoms with van der Waals surface area (Å²) in [5.41, 5.74) is 4.45. The van der Waals surface area contributed by atoms with E-state index in [-0.39, 0.29) is 22.4 Å². The molecule has 0 saturated carbocycles. The summed E-state index contributed by atoms with van der Waals surface area (Å²) in [4.78, 5) is 37.1. The highest BCUT2D eigenvalue weighted by Gasteiger charge is 2.42. The van der Waals surface area contributed by atoms with Crippen LogP contribution in [0.2, 0.25) is 5.02 Å². The van der Waals surface area contributed by atoms with Crippen LogP contribution in [-0.4, -0.2) is 64.5 Å². The highest BCUT2D eigenvalue weighted by atomic mass is 35.5. The van der Waals surface area contributed by atoms with Crippen LogP contribution in [-0.2, 0) is 15.2 Å². The maximum absolute atomic E-state index is 13.9. The molecule has 2 atom stereocenters. The summed E-state index contributed by atoms with van der Waals surface area (Å²) >= 11 is 5.71. The zero-order valence-corrected chi connectivity index (χ0v) is 17.6. The first kappa shape index (κ1) is 21.4. The summed E-state index contributed by atoms with van der Waals surface area (Å²) < 4.78 is 13.9. The Morgan fingerprint density at radius 2 is 2.06 bits per heavy atom. The third kappa shape index (κ3) is 3.60. The van der Waals surface area contributed by atoms with Gasteiger partial charge in [0.1, 0.15) is 23.8 Å². The van der Waals surface area contributed by atoms with Gasteiger partial charge in [-0.1, -0.05) is 17.7 Å². The van der Waals surface area contributed by atoms with E-state index in [0.717, 1.165) is 11.6 Å². The third-order valence-corrected chi connectivity index (χ3v) is 6.15. The highest BCUT2D eigenvalue weighted by Crippen LogP contribution is 2.37. The Morgan fingerprint density at radius 1 is 1.35 bits per heavy atom. The van der Waals surface area contributed by atoms with Crippen molar-refractivity contribution in [2.24, 2.45) is 5.73 Å². The normalized spacial score (nSPS) is 20.3. The summed E-state index contributed by atoms with van der Waals surface area (Å²) in [5.74, 6) is -0.685. The Labute approximate surface area is 183 Å². The Kier molecular flexibility index (Phi) is 5.54. The number of nitrogens with one attached hydrogen (secondary N) is 1. The zero-order valence-electron chi connectivity index (χ0n) is 16.8. The van der Waals surface area contributed by atoms with Crippen LogP contribution in [0.25, 0.3) is 0 Å². The lowest BCUT2D eigenvalue weighted by molar-refractivity contribution is -0.151. The molecule has 3 heterocycles. The number of aliphatic hydroxyl groups is 1. The fourth-order valence-electron chi connectivity index (χ4n) is 3.96. The van der Waals surface area contributed by atoms with E-state index in [1.165, 1.54) is 23.4 Å². The van der Waals surface area contributed by atoms with E-state index < -0.39 is 23.9 Å². The van der Waals surface area contributed by atoms with Crippen LogP contribution < -0.4 is 16.0 Å². The van der Waals surface area contributed by atoms with E-state index in [1.807, 2.05) is 4.90 Å². The van der Waals surface area contributed by atoms with Crippen molar-refractivity contribution in [3.05, 3.63) is 46.5 Å². The molecule has 4 rings (SSSR count). The number of anilines is 2. The predicted octanol–water partition coefficient (Wildman–Crippen LogP) is 0.820. The average Bonchev–Trinajstić information content (AvgIpc) is 3.08. The Bertz CT molecular complexity index is 1050. The number of nitrogens with zero attached hydrogens (tertiary/aromatic N) is 4. The first-order valence-corrected chi connectivity index (χ1v) is 10.2. The van der Waals surface area contributed by atoms with Crippen LogP contribution in [0.3, 0.4) is 0 Å². The molecule has 1 aromatic heterocycles. The molecule has 0 radical (unpaired) electrons. The monoisotopic (exact) mass is 448 g/mol. The number of rotatable bonds is 4. The topological polar surface area (TPSA) is 125 Å². The van der Waals surface area contributed by atoms with E-state index in [0.29, 0.717) is 37.8 Å². The molecule has 2 amide bonds. The molecule has 0 spiro atoms. The van der Waals surface area contributed by atoms with E-state index in [9.17, 15) is 19.1 Å². The number of hydrogen-bond donors (Lipinski definition) is 3. The summed E-state index contributed by atoms with van der Waals surface area (Å²) in [7, 11) is 0. The molecule has 1 saturated heterocycles. The molecular weight excluding hydrogens is 427 g/mol. The maximum atomic E-state index is 13.9. The molecule has 2 aliphatic rings. The lowest BCUT2D eigenvalue weighted by Crippen LogP contribution is -2.57. The van der Waals surface area contributed by atoms with Crippen molar-refractivity contribution < 1.29 is 19.1 Å². The number of halogens is 2. The molecule has 0 bridgehead atoms. The van der Waals surface area contributed by atoms with Gasteiger partial charge in [0, 0.05) is 38.3 Å². The van der Waals surface area contributed by atoms with E-state index >= 15 is 0 Å². The summed E-state index contributed by atoms with van der Waals surface area (Å²) in [6, 6.07) is 3.70. The molecule has 9 nitrogen and oxygen atoms in total. The summed E-state index contributed by atoms with van der Waals surface area (Å²) in [6.07, 6.45) is 1.40. The molecule has 1 unspecified atom stereocenters. The van der Waals surface area contributed by atoms with Crippen molar-refractivity contribution in [3.8, 4) is 0 Å². The van der Waals surface area contributed by atoms with Gasteiger partial charge in [0.15, 0.2) is 5.60 Å². The maximum Gasteiger partial charge on any atom is 0.260 e. The van der Waals surface area contributed by atoms with Crippen molar-refractivity contribution in [2.45, 2.75) is 18.4 Å². The Morgan fingerprint density at radius 3 is 2.71 bits per heavy atom. The van der Waals surface area contributed by atoms with Gasteiger partial charge in [-0.15, -0.1) is 0 Å². The number of nitrogens with two attached hydrogens (primary N) is 1. The second-order valence-corrected chi connectivity index (χ2v) is 8.05. The van der Waals surface area contributed by atoms with Crippen molar-refractivity contribution in [1.29, 1.82) is 0 Å². The minimum atomic E-state index is -2.06. The predicted molar refractivity (Wildman–Crippen MR) is 112 cm³/mol. The number of amides is 2. The molecule has 31 heavy (non-hydrogen) atoms. The number of hydrogen-bond acceptors (Lipinski definition) is 7. The van der Waals surface area contributed by atoms with Gasteiger partial charge in [-0.25, -0.2) is 14.4 Å². The minimum Gasteiger partial charge on any atom is -0.374 e. The zero-order chi connectivity index (χ0) is 22.3. The molecule has 0 aliphatic carbocycles. The van der Waals surface area contributed by atoms with Crippen LogP contribution in [0.4, 0.5) is 16.0 Å². The number of fused-ring (bicyclic) bond motifs is 1. The standard InChI is InChI=1S/C20H22ClFN6O3/c1-11-15-16(26-18(11)29)24-10-25-17(15)27-4-6-28(7-5-27)19(30)20(31,9-23)12-2-3-13(21)14(22)8-12/h2-3,8,10-11,31H,4-7,9,23H2,1H3,(H,24,25,26,29)/t11?,20-/m0/s1. The lowest BCUT2D eigenvalue weighted by atomic mass is 9.91. The molecule has 164 valence electrons. The molecule has 1 aromatic carbocycles. The van der Waals surface area contributed by atoms with Gasteiger partial charge in [-0.3, -0.25) is 9.59 Å². The number of aromatic nitrogens is 2. The Balaban J connectivity index is 1.51. The fourth-order valence-corrected chi connectivity index (χ4v) is 4.08. The first-order valence-electron chi connectivity index (χ1n) is 9.84. The molecule has 2 aliphatic heterocycles. The van der Waals surface area contributed by atoms with Gasteiger partial charge in [-0.05, 0) is 24.6 Å². The summed E-state index contributed by atoms with van der Waals surface area (Å²) in [5, 5.41) is 13.6. The van der Waals surface area contributed by atoms with Crippen LogP contribution >= 0.6 is 11.6 Å². The molecular formula is C20H22ClFN6O3. The number of carbonyl (C=O) groups is 2. The van der Waals surface area contributed by atoms with Gasteiger partial charge in [0.05, 0.1) is 10.9 Å². The smallest absolute Gasteiger partial charge is 0.260 e. The Hall–Kier alpha value is -2.82. The average molecular weight is 449 g/mol. The second-order valence-electron chi connectivity index (χ2n) is 7.64. The van der Waals surface area contributed by atoms with E-state index in [2.05, 4.69) is 15.3 Å². The van der Waals surface area contributed by atoms with Crippen molar-refractivity contribution >= 4 is 35.1 Å². The van der Waals surface area contributed by atoms with Gasteiger partial charge in [0.2, 0.25) is 5.91 Å². The van der Waals surface area contributed by atoms with Crippen LogP contribution in [0.5, 0.6) is 0 Å². The lowest BCUT2D eigenvalue weighted by Gasteiger charge is -2.39. The van der Waals surface area contributed by atoms with E-state index in [4.69, 9.17) is 17.3 Å². The fraction of sp³-hybridized carbons (Fsp3) is 0.400. The molecule has 2 aromatic rings. The van der Waals surface area contributed by atoms with Gasteiger partial charge >= 0.3 is 0 Å². The minimum absolute atomic E-state index is 0.0522. The number of piperazine rings is 1. The molecule has 11 heteroatoms. The SMILES string of the molecule is CC1C(=O)Nc2ncnc(N3CCN(C(=O)[C@](O)(CN)c4ccc(Cl)c(F)c4)CC3)c21.